The fourth-order valence-corrected chi connectivity index (χ4v) is 3.37. The number of benzene rings is 2. The minimum absolute atomic E-state index is 0.0376. The third-order valence-electron chi connectivity index (χ3n) is 4.15. The predicted molar refractivity (Wildman–Crippen MR) is 113 cm³/mol. The number of sulfonamides is 1. The molecule has 0 radical (unpaired) electrons. The molecule has 0 saturated carbocycles. The van der Waals surface area contributed by atoms with E-state index in [-0.39, 0.29) is 29.6 Å². The van der Waals surface area contributed by atoms with Crippen molar-refractivity contribution in [3.05, 3.63) is 47.9 Å². The van der Waals surface area contributed by atoms with Crippen LogP contribution in [0.1, 0.15) is 16.2 Å². The topological polar surface area (TPSA) is 139 Å². The van der Waals surface area contributed by atoms with Gasteiger partial charge in [-0.1, -0.05) is 12.1 Å². The summed E-state index contributed by atoms with van der Waals surface area (Å²) in [6.07, 6.45) is 0.984. The number of ether oxygens (including phenoxy) is 4. The second kappa shape index (κ2) is 9.56. The molecule has 3 aromatic rings. The molecule has 0 atom stereocenters. The van der Waals surface area contributed by atoms with Gasteiger partial charge in [-0.25, -0.2) is 13.2 Å². The van der Waals surface area contributed by atoms with E-state index in [2.05, 4.69) is 14.9 Å². The second-order valence-electron chi connectivity index (χ2n) is 6.41. The van der Waals surface area contributed by atoms with Crippen molar-refractivity contribution in [2.75, 3.05) is 32.3 Å². The zero-order valence-corrected chi connectivity index (χ0v) is 18.6. The second-order valence-corrected chi connectivity index (χ2v) is 8.16. The molecule has 3 rings (SSSR count). The Morgan fingerprint density at radius 1 is 1.03 bits per heavy atom. The molecule has 1 heterocycles. The Morgan fingerprint density at radius 2 is 1.69 bits per heavy atom. The van der Waals surface area contributed by atoms with Gasteiger partial charge in [0.2, 0.25) is 21.7 Å². The fraction of sp³-hybridized carbons (Fsp3) is 0.250. The van der Waals surface area contributed by atoms with Gasteiger partial charge in [-0.05, 0) is 24.3 Å². The van der Waals surface area contributed by atoms with Crippen molar-refractivity contribution < 1.29 is 36.6 Å². The summed E-state index contributed by atoms with van der Waals surface area (Å²) in [5, 5.41) is 7.83. The quantitative estimate of drug-likeness (QED) is 0.471. The minimum atomic E-state index is -3.57. The van der Waals surface area contributed by atoms with E-state index in [4.69, 9.17) is 23.4 Å². The first-order chi connectivity index (χ1) is 15.3. The van der Waals surface area contributed by atoms with Crippen molar-refractivity contribution in [3.63, 3.8) is 0 Å². The number of methoxy groups -OCH3 is 3. The van der Waals surface area contributed by atoms with Crippen LogP contribution in [0, 0.1) is 0 Å². The zero-order valence-electron chi connectivity index (χ0n) is 17.7. The molecule has 1 aromatic heterocycles. The number of hydrogen-bond acceptors (Lipinski definition) is 10. The Morgan fingerprint density at radius 3 is 2.28 bits per heavy atom. The molecule has 170 valence electrons. The SMILES string of the molecule is COc1cc(-c2nnc(COC(=O)c3ccccc3NS(C)(=O)=O)o2)cc(OC)c1OC. The number of esters is 1. The molecule has 0 saturated heterocycles. The molecular formula is C20H21N3O8S. The van der Waals surface area contributed by atoms with Gasteiger partial charge in [-0.15, -0.1) is 10.2 Å². The molecule has 0 unspecified atom stereocenters. The van der Waals surface area contributed by atoms with E-state index in [0.29, 0.717) is 22.8 Å². The van der Waals surface area contributed by atoms with Crippen molar-refractivity contribution in [3.8, 4) is 28.7 Å². The molecule has 12 heteroatoms. The molecule has 0 spiro atoms. The van der Waals surface area contributed by atoms with Crippen LogP contribution in [0.3, 0.4) is 0 Å². The molecule has 0 bridgehead atoms. The van der Waals surface area contributed by atoms with E-state index in [0.717, 1.165) is 6.26 Å². The van der Waals surface area contributed by atoms with Crippen LogP contribution in [-0.4, -0.2) is 52.2 Å². The van der Waals surface area contributed by atoms with Crippen molar-refractivity contribution >= 4 is 21.7 Å². The summed E-state index contributed by atoms with van der Waals surface area (Å²) in [6, 6.07) is 9.33. The van der Waals surface area contributed by atoms with Crippen molar-refractivity contribution in [1.29, 1.82) is 0 Å². The summed E-state index contributed by atoms with van der Waals surface area (Å²) >= 11 is 0. The van der Waals surface area contributed by atoms with Gasteiger partial charge in [-0.2, -0.15) is 0 Å². The van der Waals surface area contributed by atoms with Crippen molar-refractivity contribution in [2.24, 2.45) is 0 Å². The number of nitrogens with zero attached hydrogens (tertiary/aromatic N) is 2. The third kappa shape index (κ3) is 5.27. The van der Waals surface area contributed by atoms with Gasteiger partial charge in [0.05, 0.1) is 38.8 Å². The summed E-state index contributed by atoms with van der Waals surface area (Å²) in [5.74, 6) is 0.647. The highest BCUT2D eigenvalue weighted by atomic mass is 32.2. The minimum Gasteiger partial charge on any atom is -0.493 e. The predicted octanol–water partition coefficient (Wildman–Crippen LogP) is 2.49. The van der Waals surface area contributed by atoms with Crippen molar-refractivity contribution in [2.45, 2.75) is 6.61 Å². The molecule has 2 aromatic carbocycles. The number of hydrogen-bond donors (Lipinski definition) is 1. The monoisotopic (exact) mass is 463 g/mol. The molecule has 0 amide bonds. The zero-order chi connectivity index (χ0) is 23.3. The third-order valence-corrected chi connectivity index (χ3v) is 4.74. The summed E-state index contributed by atoms with van der Waals surface area (Å²) in [6.45, 7) is -0.316. The maximum absolute atomic E-state index is 12.4. The molecule has 0 aliphatic heterocycles. The average Bonchev–Trinajstić information content (AvgIpc) is 3.24. The lowest BCUT2D eigenvalue weighted by Gasteiger charge is -2.12. The maximum Gasteiger partial charge on any atom is 0.340 e. The number of rotatable bonds is 9. The van der Waals surface area contributed by atoms with Crippen LogP contribution in [0.4, 0.5) is 5.69 Å². The highest BCUT2D eigenvalue weighted by Gasteiger charge is 2.19. The highest BCUT2D eigenvalue weighted by molar-refractivity contribution is 7.92. The Kier molecular flexibility index (Phi) is 6.83. The van der Waals surface area contributed by atoms with Crippen LogP contribution in [0.15, 0.2) is 40.8 Å². The van der Waals surface area contributed by atoms with Gasteiger partial charge in [-0.3, -0.25) is 4.72 Å². The molecule has 0 fully saturated rings. The van der Waals surface area contributed by atoms with Gasteiger partial charge in [0, 0.05) is 5.56 Å². The van der Waals surface area contributed by atoms with Crippen LogP contribution in [0.25, 0.3) is 11.5 Å². The van der Waals surface area contributed by atoms with E-state index in [9.17, 15) is 13.2 Å². The van der Waals surface area contributed by atoms with Gasteiger partial charge in [0.25, 0.3) is 5.89 Å². The van der Waals surface area contributed by atoms with Crippen LogP contribution in [0.2, 0.25) is 0 Å². The normalized spacial score (nSPS) is 11.0. The highest BCUT2D eigenvalue weighted by Crippen LogP contribution is 2.40. The first-order valence-electron chi connectivity index (χ1n) is 9.12. The summed E-state index contributed by atoms with van der Waals surface area (Å²) in [4.78, 5) is 12.4. The number of para-hydroxylation sites is 1. The number of nitrogens with one attached hydrogen (secondary N) is 1. The van der Waals surface area contributed by atoms with E-state index in [1.54, 1.807) is 24.3 Å². The molecule has 0 aliphatic rings. The number of carbonyl (C=O) groups excluding carboxylic acids is 1. The van der Waals surface area contributed by atoms with E-state index in [1.165, 1.54) is 33.5 Å². The van der Waals surface area contributed by atoms with E-state index < -0.39 is 16.0 Å². The number of aromatic nitrogens is 2. The first kappa shape index (κ1) is 22.9. The summed E-state index contributed by atoms with van der Waals surface area (Å²) < 4.78 is 52.0. The molecule has 1 N–H and O–H groups in total. The van der Waals surface area contributed by atoms with Crippen LogP contribution in [-0.2, 0) is 21.4 Å². The lowest BCUT2D eigenvalue weighted by Crippen LogP contribution is -2.14. The summed E-state index contributed by atoms with van der Waals surface area (Å²) in [5.41, 5.74) is 0.651. The lowest BCUT2D eigenvalue weighted by atomic mass is 10.2. The molecule has 0 aliphatic carbocycles. The van der Waals surface area contributed by atoms with Crippen LogP contribution in [0.5, 0.6) is 17.2 Å². The standard InChI is InChI=1S/C20H21N3O8S/c1-27-15-9-12(10-16(28-2)18(15)29-3)19-22-21-17(31-19)11-30-20(24)13-7-5-6-8-14(13)23-32(4,25)26/h5-10,23H,11H2,1-4H3. The van der Waals surface area contributed by atoms with Gasteiger partial charge < -0.3 is 23.4 Å². The van der Waals surface area contributed by atoms with E-state index >= 15 is 0 Å². The van der Waals surface area contributed by atoms with Gasteiger partial charge in [0.1, 0.15) is 0 Å². The average molecular weight is 463 g/mol. The number of anilines is 1. The van der Waals surface area contributed by atoms with Crippen LogP contribution < -0.4 is 18.9 Å². The van der Waals surface area contributed by atoms with Crippen molar-refractivity contribution in [1.82, 2.24) is 10.2 Å². The fourth-order valence-electron chi connectivity index (χ4n) is 2.79. The Labute approximate surface area is 184 Å². The number of carbonyl (C=O) groups is 1. The van der Waals surface area contributed by atoms with Crippen LogP contribution >= 0.6 is 0 Å². The molecular weight excluding hydrogens is 442 g/mol. The Balaban J connectivity index is 1.77. The molecule has 11 nitrogen and oxygen atoms in total. The van der Waals surface area contributed by atoms with E-state index in [1.807, 2.05) is 0 Å². The largest absolute Gasteiger partial charge is 0.493 e. The molecule has 32 heavy (non-hydrogen) atoms. The Hall–Kier alpha value is -3.80. The maximum atomic E-state index is 12.4. The lowest BCUT2D eigenvalue weighted by molar-refractivity contribution is 0.0440. The Bertz CT molecular complexity index is 1200. The summed E-state index contributed by atoms with van der Waals surface area (Å²) in [7, 11) is 0.881. The first-order valence-corrected chi connectivity index (χ1v) is 11.0. The van der Waals surface area contributed by atoms with Gasteiger partial charge >= 0.3 is 5.97 Å². The smallest absolute Gasteiger partial charge is 0.340 e. The van der Waals surface area contributed by atoms with Gasteiger partial charge in [0.15, 0.2) is 18.1 Å².